The van der Waals surface area contributed by atoms with Crippen LogP contribution in [0.1, 0.15) is 464 Å². The first kappa shape index (κ1) is 157. The van der Waals surface area contributed by atoms with Crippen molar-refractivity contribution in [1.29, 1.82) is 0 Å². The minimum atomic E-state index is 0. The quantitative estimate of drug-likeness (QED) is 0.0350. The average molecular weight is 1950 g/mol. The Morgan fingerprint density at radius 1 is 0.208 bits per heavy atom. The van der Waals surface area contributed by atoms with E-state index in [1.54, 1.807) is 0 Å². The van der Waals surface area contributed by atoms with Crippen LogP contribution in [0.15, 0.2) is 0 Å². The Morgan fingerprint density at radius 3 is 0.608 bits per heavy atom. The Morgan fingerprint density at radius 2 is 0.392 bits per heavy atom. The molecular formula is C108H225Fe6N5O. The monoisotopic (exact) mass is 1940 g/mol. The molecule has 12 rings (SSSR count). The van der Waals surface area contributed by atoms with Crippen LogP contribution in [0.5, 0.6) is 0 Å². The maximum atomic E-state index is 12.4. The van der Waals surface area contributed by atoms with Gasteiger partial charge in [-0.3, -0.25) is 9.69 Å². The fourth-order valence-corrected chi connectivity index (χ4v) is 20.4. The fraction of sp³-hybridized carbons (Fsp3) is 0.880. The summed E-state index contributed by atoms with van der Waals surface area (Å²) >= 11 is 0. The van der Waals surface area contributed by atoms with Gasteiger partial charge in [-0.2, -0.15) is 0 Å². The number of unbranched alkanes of at least 4 members (excludes halogenated alkanes) is 13. The van der Waals surface area contributed by atoms with E-state index in [1.165, 1.54) is 496 Å². The second-order valence-corrected chi connectivity index (χ2v) is 37.2. The van der Waals surface area contributed by atoms with Gasteiger partial charge in [0.15, 0.2) is 0 Å². The van der Waals surface area contributed by atoms with Crippen LogP contribution >= 0.6 is 0 Å². The van der Waals surface area contributed by atoms with E-state index >= 15 is 0 Å². The van der Waals surface area contributed by atoms with Crippen LogP contribution in [-0.2, 0) is 107 Å². The number of nitrogens with zero attached hydrogens (tertiary/aromatic N) is 5. The summed E-state index contributed by atoms with van der Waals surface area (Å²) in [4.78, 5) is 25.6. The molecule has 12 aliphatic carbocycles. The summed E-state index contributed by atoms with van der Waals surface area (Å²) < 4.78 is 0. The molecule has 12 aliphatic rings. The van der Waals surface area contributed by atoms with Gasteiger partial charge in [-0.15, -0.1) is 0 Å². The van der Waals surface area contributed by atoms with Crippen molar-refractivity contribution in [3.05, 3.63) is 89.1 Å². The zero-order chi connectivity index (χ0) is 72.7. The molecule has 0 spiro atoms. The number of carbonyl (C=O) groups is 1. The molecule has 4 unspecified atom stereocenters. The molecule has 12 fully saturated rings. The standard InChI is InChI=1S/C25H51N3.C22H41NO.C19H37N.6C5H10.12CH3.6Fe/c1-6-7-8-9-10-17-28(20-24-15-11-13-22(24)18-26(2)3)21-25-16-12-14-23(25)19-27(4)5;1-2-3-4-5-6-7-16-22(24)19-23(17-20-12-8-9-13-20)18-21-14-10-11-15-21;1-2-3-4-5-10-15-20(16-18-11-6-7-12-18)17-19-13-8-9-14-19;6*1-2-4-5-3-1;;;;;;;;;;;;;;;;;;/h22-25H,6-21H2,1-5H3;20-21H,2-19H2,1H3;18-19H,2-17H2,1H3;6*1-5H2;12*1H3;;;;;;/q;;;;;;;;;12*-1;6*+2. The van der Waals surface area contributed by atoms with Gasteiger partial charge >= 0.3 is 102 Å². The van der Waals surface area contributed by atoms with Crippen LogP contribution in [0.4, 0.5) is 0 Å². The summed E-state index contributed by atoms with van der Waals surface area (Å²) in [5, 5.41) is 0. The van der Waals surface area contributed by atoms with Gasteiger partial charge in [-0.05, 0) is 185 Å². The van der Waals surface area contributed by atoms with Gasteiger partial charge < -0.3 is 109 Å². The van der Waals surface area contributed by atoms with Gasteiger partial charge in [0, 0.05) is 58.8 Å². The van der Waals surface area contributed by atoms with Crippen molar-refractivity contribution in [2.75, 3.05) is 100 Å². The second kappa shape index (κ2) is 114. The topological polar surface area (TPSA) is 33.3 Å². The first-order chi connectivity index (χ1) is 50.1. The van der Waals surface area contributed by atoms with Crippen LogP contribution in [0.3, 0.4) is 0 Å². The van der Waals surface area contributed by atoms with E-state index < -0.39 is 0 Å². The van der Waals surface area contributed by atoms with Crippen LogP contribution in [-0.4, -0.2) is 130 Å². The Hall–Kier alpha value is 2.59. The van der Waals surface area contributed by atoms with Crippen molar-refractivity contribution in [2.45, 2.75) is 464 Å². The molecule has 0 bridgehead atoms. The summed E-state index contributed by atoms with van der Waals surface area (Å²) in [5.41, 5.74) is 0. The fourth-order valence-electron chi connectivity index (χ4n) is 20.4. The van der Waals surface area contributed by atoms with E-state index in [1.807, 2.05) is 0 Å². The molecule has 0 saturated heterocycles. The summed E-state index contributed by atoms with van der Waals surface area (Å²) in [6.45, 7) is 20.9. The SMILES string of the molecule is C1CCCC1.C1CCCC1.C1CCCC1.C1CCCC1.C1CCCC1.C1CCCC1.CCCCCCCCC(=O)CN(CC1CCCC1)CC1CCCC1.CCCCCCCN(CC1CCCC1)CC1CCCC1.CCCCCCCN(CC1CCCC1CN(C)C)CC1CCCC1CN(C)C.[CH3-].[CH3-].[CH3-].[CH3-].[CH3-].[CH3-].[CH3-].[CH3-].[CH3-].[CH3-].[CH3-].[CH3-].[Fe+2].[Fe+2].[Fe+2].[Fe+2].[Fe+2].[Fe+2]. The molecule has 736 valence electrons. The first-order valence-electron chi connectivity index (χ1n) is 48.1. The number of hydrogen-bond donors (Lipinski definition) is 0. The van der Waals surface area contributed by atoms with Gasteiger partial charge in [0.1, 0.15) is 5.78 Å². The Balaban J connectivity index is -0.0000000845. The van der Waals surface area contributed by atoms with E-state index in [2.05, 4.69) is 73.5 Å². The van der Waals surface area contributed by atoms with Gasteiger partial charge in [0.25, 0.3) is 0 Å². The summed E-state index contributed by atoms with van der Waals surface area (Å²) in [6, 6.07) is 0. The number of Topliss-reactive ketones (excluding diaryl/α,β-unsaturated/α-hetero) is 1. The molecule has 4 atom stereocenters. The number of ketones is 1. The third-order valence-electron chi connectivity index (χ3n) is 26.6. The number of carbonyl (C=O) groups excluding carboxylic acids is 1. The minimum Gasteiger partial charge on any atom is -0.358 e. The molecular weight excluding hydrogens is 1720 g/mol. The average Bonchev–Trinajstić information content (AvgIpc) is 1.72. The summed E-state index contributed by atoms with van der Waals surface area (Å²) in [6.07, 6.45) is 99.7. The Bertz CT molecular complexity index is 1570. The molecule has 0 amide bonds. The Labute approximate surface area is 830 Å². The molecule has 0 radical (unpaired) electrons. The van der Waals surface area contributed by atoms with Crippen molar-refractivity contribution < 1.29 is 107 Å². The third kappa shape index (κ3) is 89.8. The van der Waals surface area contributed by atoms with Crippen molar-refractivity contribution in [3.63, 3.8) is 0 Å². The van der Waals surface area contributed by atoms with Crippen molar-refractivity contribution in [2.24, 2.45) is 47.3 Å². The van der Waals surface area contributed by atoms with Crippen LogP contribution < -0.4 is 0 Å². The predicted molar refractivity (Wildman–Crippen MR) is 532 cm³/mol. The molecule has 12 heteroatoms. The molecule has 0 aromatic rings. The molecule has 0 aromatic heterocycles. The zero-order valence-corrected chi connectivity index (χ0v) is 92.1. The molecule has 6 nitrogen and oxygen atoms in total. The molecule has 0 aromatic carbocycles. The predicted octanol–water partition coefficient (Wildman–Crippen LogP) is 33.9. The normalized spacial score (nSPS) is 20.1. The second-order valence-electron chi connectivity index (χ2n) is 37.2. The molecule has 0 N–H and O–H groups in total. The maximum absolute atomic E-state index is 12.4. The maximum Gasteiger partial charge on any atom is 2.00 e. The smallest absolute Gasteiger partial charge is 0.358 e. The molecule has 120 heavy (non-hydrogen) atoms. The van der Waals surface area contributed by atoms with Gasteiger partial charge in [-0.1, -0.05) is 361 Å². The van der Waals surface area contributed by atoms with E-state index in [9.17, 15) is 4.79 Å². The molecule has 12 saturated carbocycles. The number of hydrogen-bond acceptors (Lipinski definition) is 6. The first-order valence-corrected chi connectivity index (χ1v) is 48.1. The van der Waals surface area contributed by atoms with Crippen LogP contribution in [0.25, 0.3) is 0 Å². The van der Waals surface area contributed by atoms with Gasteiger partial charge in [-0.25, -0.2) is 0 Å². The Kier molecular flexibility index (Phi) is 149. The van der Waals surface area contributed by atoms with E-state index in [4.69, 9.17) is 0 Å². The zero-order valence-electron chi connectivity index (χ0n) is 85.5. The number of rotatable bonds is 37. The van der Waals surface area contributed by atoms with E-state index in [-0.39, 0.29) is 192 Å². The van der Waals surface area contributed by atoms with Crippen molar-refractivity contribution >= 4 is 5.78 Å². The minimum absolute atomic E-state index is 0. The summed E-state index contributed by atoms with van der Waals surface area (Å²) in [7, 11) is 9.02. The van der Waals surface area contributed by atoms with Crippen molar-refractivity contribution in [3.8, 4) is 0 Å². The van der Waals surface area contributed by atoms with Crippen LogP contribution in [0.2, 0.25) is 0 Å². The molecule has 0 aliphatic heterocycles. The largest absolute Gasteiger partial charge is 2.00 e. The third-order valence-corrected chi connectivity index (χ3v) is 26.6. The van der Waals surface area contributed by atoms with Crippen molar-refractivity contribution in [1.82, 2.24) is 24.5 Å². The van der Waals surface area contributed by atoms with E-state index in [0.717, 1.165) is 66.7 Å². The molecule has 0 heterocycles. The van der Waals surface area contributed by atoms with Gasteiger partial charge in [0.2, 0.25) is 0 Å². The van der Waals surface area contributed by atoms with E-state index in [0.29, 0.717) is 5.78 Å². The van der Waals surface area contributed by atoms with Gasteiger partial charge in [0.05, 0.1) is 6.54 Å². The van der Waals surface area contributed by atoms with Crippen LogP contribution in [0, 0.1) is 136 Å². The summed E-state index contributed by atoms with van der Waals surface area (Å²) in [5.74, 6) is 8.04.